The van der Waals surface area contributed by atoms with Crippen LogP contribution >= 0.6 is 0 Å². The molecule has 0 aliphatic carbocycles. The first-order chi connectivity index (χ1) is 10.5. The van der Waals surface area contributed by atoms with Crippen molar-refractivity contribution in [2.75, 3.05) is 13.7 Å². The van der Waals surface area contributed by atoms with Crippen LogP contribution in [0.3, 0.4) is 0 Å². The molecule has 0 unspecified atom stereocenters. The average Bonchev–Trinajstić information content (AvgIpc) is 2.41. The molecule has 0 saturated carbocycles. The summed E-state index contributed by atoms with van der Waals surface area (Å²) in [6.45, 7) is 9.32. The van der Waals surface area contributed by atoms with Crippen molar-refractivity contribution in [2.24, 2.45) is 11.8 Å². The maximum Gasteiger partial charge on any atom is 0.408 e. The van der Waals surface area contributed by atoms with E-state index in [0.717, 1.165) is 6.42 Å². The minimum atomic E-state index is -0.599. The van der Waals surface area contributed by atoms with Gasteiger partial charge >= 0.3 is 12.1 Å². The molecule has 6 heteroatoms. The van der Waals surface area contributed by atoms with E-state index in [2.05, 4.69) is 5.32 Å². The zero-order chi connectivity index (χ0) is 18.0. The van der Waals surface area contributed by atoms with E-state index in [1.54, 1.807) is 20.8 Å². The molecular weight excluding hydrogens is 298 g/mol. The maximum absolute atomic E-state index is 11.8. The molecular formula is C17H31NO5. The fraction of sp³-hybridized carbons (Fsp3) is 0.824. The van der Waals surface area contributed by atoms with Crippen molar-refractivity contribution in [1.29, 1.82) is 0 Å². The van der Waals surface area contributed by atoms with Gasteiger partial charge in [-0.2, -0.15) is 0 Å². The molecule has 0 fully saturated rings. The van der Waals surface area contributed by atoms with Crippen molar-refractivity contribution in [2.45, 2.75) is 65.9 Å². The number of alkyl carbamates (subject to hydrolysis) is 1. The summed E-state index contributed by atoms with van der Waals surface area (Å²) in [5.74, 6) is -0.0858. The van der Waals surface area contributed by atoms with Gasteiger partial charge in [0, 0.05) is 6.42 Å². The monoisotopic (exact) mass is 329 g/mol. The van der Waals surface area contributed by atoms with Gasteiger partial charge in [0.25, 0.3) is 0 Å². The smallest absolute Gasteiger partial charge is 0.408 e. The first kappa shape index (κ1) is 21.4. The van der Waals surface area contributed by atoms with E-state index in [1.165, 1.54) is 7.11 Å². The van der Waals surface area contributed by atoms with Crippen LogP contribution in [0.2, 0.25) is 0 Å². The third-order valence-electron chi connectivity index (χ3n) is 3.13. The maximum atomic E-state index is 11.8. The minimum absolute atomic E-state index is 0.0536. The van der Waals surface area contributed by atoms with Gasteiger partial charge in [0.15, 0.2) is 5.78 Å². The zero-order valence-corrected chi connectivity index (χ0v) is 15.2. The fourth-order valence-corrected chi connectivity index (χ4v) is 2.19. The molecule has 1 amide bonds. The Morgan fingerprint density at radius 3 is 2.22 bits per heavy atom. The van der Waals surface area contributed by atoms with Gasteiger partial charge in [-0.25, -0.2) is 4.79 Å². The second-order valence-electron chi connectivity index (χ2n) is 7.14. The second-order valence-corrected chi connectivity index (χ2v) is 7.14. The van der Waals surface area contributed by atoms with Crippen LogP contribution in [0.15, 0.2) is 0 Å². The van der Waals surface area contributed by atoms with Crippen molar-refractivity contribution >= 4 is 17.8 Å². The van der Waals surface area contributed by atoms with Gasteiger partial charge < -0.3 is 14.8 Å². The summed E-state index contributed by atoms with van der Waals surface area (Å²) in [7, 11) is 1.38. The Bertz CT molecular complexity index is 398. The molecule has 23 heavy (non-hydrogen) atoms. The number of hydrogen-bond donors (Lipinski definition) is 1. The van der Waals surface area contributed by atoms with Crippen molar-refractivity contribution in [3.63, 3.8) is 0 Å². The molecule has 0 saturated heterocycles. The normalized spacial score (nSPS) is 12.7. The van der Waals surface area contributed by atoms with Crippen molar-refractivity contribution in [3.05, 3.63) is 0 Å². The first-order valence-electron chi connectivity index (χ1n) is 8.11. The van der Waals surface area contributed by atoms with Gasteiger partial charge in [0.05, 0.1) is 19.6 Å². The van der Waals surface area contributed by atoms with Crippen LogP contribution in [0, 0.1) is 11.8 Å². The summed E-state index contributed by atoms with van der Waals surface area (Å²) < 4.78 is 9.86. The van der Waals surface area contributed by atoms with Crippen molar-refractivity contribution in [1.82, 2.24) is 5.32 Å². The largest absolute Gasteiger partial charge is 0.469 e. The Labute approximate surface area is 139 Å². The number of ketones is 1. The number of amides is 1. The SMILES string of the molecule is COC(=O)[C@@H](CCCC(=O)CNC(=O)OC(C)(C)C)CC(C)C. The van der Waals surface area contributed by atoms with E-state index in [4.69, 9.17) is 9.47 Å². The van der Waals surface area contributed by atoms with E-state index in [0.29, 0.717) is 25.2 Å². The summed E-state index contributed by atoms with van der Waals surface area (Å²) in [6, 6.07) is 0. The summed E-state index contributed by atoms with van der Waals surface area (Å²) in [6.07, 6.45) is 1.68. The Hall–Kier alpha value is -1.59. The van der Waals surface area contributed by atoms with Crippen LogP contribution in [-0.2, 0) is 19.1 Å². The van der Waals surface area contributed by atoms with Gasteiger partial charge in [0.2, 0.25) is 0 Å². The molecule has 0 aromatic carbocycles. The summed E-state index contributed by atoms with van der Waals surface area (Å²) in [5, 5.41) is 2.44. The first-order valence-corrected chi connectivity index (χ1v) is 8.11. The molecule has 1 atom stereocenters. The highest BCUT2D eigenvalue weighted by molar-refractivity contribution is 5.84. The molecule has 0 aromatic rings. The molecule has 1 N–H and O–H groups in total. The average molecular weight is 329 g/mol. The van der Waals surface area contributed by atoms with Gasteiger partial charge in [-0.3, -0.25) is 9.59 Å². The van der Waals surface area contributed by atoms with Crippen LogP contribution < -0.4 is 5.32 Å². The highest BCUT2D eigenvalue weighted by Gasteiger charge is 2.21. The van der Waals surface area contributed by atoms with E-state index in [1.807, 2.05) is 13.8 Å². The Balaban J connectivity index is 4.08. The molecule has 0 spiro atoms. The lowest BCUT2D eigenvalue weighted by molar-refractivity contribution is -0.146. The number of esters is 1. The van der Waals surface area contributed by atoms with Crippen LogP contribution in [0.4, 0.5) is 4.79 Å². The standard InChI is InChI=1S/C17H31NO5/c1-12(2)10-13(15(20)22-6)8-7-9-14(19)11-18-16(21)23-17(3,4)5/h12-13H,7-11H2,1-6H3,(H,18,21)/t13-/m0/s1. The van der Waals surface area contributed by atoms with Crippen LogP contribution in [0.25, 0.3) is 0 Å². The van der Waals surface area contributed by atoms with Crippen LogP contribution in [0.1, 0.15) is 60.3 Å². The Morgan fingerprint density at radius 2 is 1.74 bits per heavy atom. The lowest BCUT2D eigenvalue weighted by Gasteiger charge is -2.19. The number of nitrogens with one attached hydrogen (secondary N) is 1. The van der Waals surface area contributed by atoms with E-state index >= 15 is 0 Å². The molecule has 0 aliphatic rings. The molecule has 6 nitrogen and oxygen atoms in total. The Kier molecular flexibility index (Phi) is 9.53. The third-order valence-corrected chi connectivity index (χ3v) is 3.13. The van der Waals surface area contributed by atoms with Gasteiger partial charge in [-0.15, -0.1) is 0 Å². The van der Waals surface area contributed by atoms with Crippen LogP contribution in [-0.4, -0.2) is 37.1 Å². The van der Waals surface area contributed by atoms with Gasteiger partial charge in [-0.05, 0) is 46.0 Å². The van der Waals surface area contributed by atoms with Crippen molar-refractivity contribution < 1.29 is 23.9 Å². The lowest BCUT2D eigenvalue weighted by atomic mass is 9.92. The van der Waals surface area contributed by atoms with E-state index < -0.39 is 11.7 Å². The van der Waals surface area contributed by atoms with E-state index in [-0.39, 0.29) is 24.2 Å². The minimum Gasteiger partial charge on any atom is -0.469 e. The zero-order valence-electron chi connectivity index (χ0n) is 15.2. The number of hydrogen-bond acceptors (Lipinski definition) is 5. The predicted molar refractivity (Wildman–Crippen MR) is 88.1 cm³/mol. The van der Waals surface area contributed by atoms with Gasteiger partial charge in [-0.1, -0.05) is 13.8 Å². The molecule has 0 aliphatic heterocycles. The summed E-state index contributed by atoms with van der Waals surface area (Å²) >= 11 is 0. The number of methoxy groups -OCH3 is 1. The highest BCUT2D eigenvalue weighted by Crippen LogP contribution is 2.19. The second kappa shape index (κ2) is 10.2. The fourth-order valence-electron chi connectivity index (χ4n) is 2.19. The molecule has 0 bridgehead atoms. The summed E-state index contributed by atoms with van der Waals surface area (Å²) in [5.41, 5.74) is -0.586. The molecule has 0 radical (unpaired) electrons. The molecule has 134 valence electrons. The predicted octanol–water partition coefficient (Wildman–Crippen LogP) is 3.09. The van der Waals surface area contributed by atoms with Crippen LogP contribution in [0.5, 0.6) is 0 Å². The number of Topliss-reactive ketones (excluding diaryl/α,β-unsaturated/α-hetero) is 1. The third kappa shape index (κ3) is 11.6. The Morgan fingerprint density at radius 1 is 1.13 bits per heavy atom. The molecule has 0 heterocycles. The van der Waals surface area contributed by atoms with Crippen molar-refractivity contribution in [3.8, 4) is 0 Å². The number of ether oxygens (including phenoxy) is 2. The topological polar surface area (TPSA) is 81.7 Å². The summed E-state index contributed by atoms with van der Waals surface area (Å²) in [4.78, 5) is 34.9. The molecule has 0 aromatic heterocycles. The number of carbonyl (C=O) groups excluding carboxylic acids is 3. The van der Waals surface area contributed by atoms with Gasteiger partial charge in [0.1, 0.15) is 5.60 Å². The van der Waals surface area contributed by atoms with E-state index in [9.17, 15) is 14.4 Å². The number of carbonyl (C=O) groups is 3. The number of rotatable bonds is 9. The molecule has 0 rings (SSSR count). The highest BCUT2D eigenvalue weighted by atomic mass is 16.6. The lowest BCUT2D eigenvalue weighted by Crippen LogP contribution is -2.35. The quantitative estimate of drug-likeness (QED) is 0.657.